The van der Waals surface area contributed by atoms with Crippen molar-refractivity contribution >= 4 is 0 Å². The van der Waals surface area contributed by atoms with Gasteiger partial charge in [-0.3, -0.25) is 4.90 Å². The van der Waals surface area contributed by atoms with E-state index in [0.29, 0.717) is 17.2 Å². The summed E-state index contributed by atoms with van der Waals surface area (Å²) in [5, 5.41) is 0. The molecule has 32 heavy (non-hydrogen) atoms. The van der Waals surface area contributed by atoms with E-state index in [4.69, 9.17) is 14.2 Å². The average molecular weight is 434 g/mol. The summed E-state index contributed by atoms with van der Waals surface area (Å²) in [4.78, 5) is 2.53. The average Bonchev–Trinajstić information content (AvgIpc) is 2.84. The molecule has 0 fully saturated rings. The van der Waals surface area contributed by atoms with E-state index in [2.05, 4.69) is 77.7 Å². The lowest BCUT2D eigenvalue weighted by Gasteiger charge is -2.24. The molecule has 0 aliphatic rings. The number of rotatable bonds is 13. The van der Waals surface area contributed by atoms with Crippen LogP contribution in [-0.2, 0) is 19.4 Å². The fraction of sp³-hybridized carbons (Fsp3) is 0.357. The highest BCUT2D eigenvalue weighted by Crippen LogP contribution is 2.38. The summed E-state index contributed by atoms with van der Waals surface area (Å²) in [5.74, 6) is 2.05. The number of nitrogens with zero attached hydrogens (tertiary/aromatic N) is 1. The first kappa shape index (κ1) is 23.7. The zero-order valence-electron chi connectivity index (χ0n) is 19.5. The molecule has 0 aliphatic heterocycles. The van der Waals surface area contributed by atoms with Crippen LogP contribution < -0.4 is 14.2 Å². The van der Waals surface area contributed by atoms with E-state index in [1.165, 1.54) is 16.7 Å². The Labute approximate surface area is 192 Å². The molecule has 4 nitrogen and oxygen atoms in total. The van der Waals surface area contributed by atoms with Crippen molar-refractivity contribution in [1.82, 2.24) is 4.90 Å². The van der Waals surface area contributed by atoms with Crippen LogP contribution in [0, 0.1) is 0 Å². The molecule has 3 rings (SSSR count). The van der Waals surface area contributed by atoms with Gasteiger partial charge in [-0.05, 0) is 67.6 Å². The normalized spacial score (nSPS) is 10.9. The summed E-state index contributed by atoms with van der Waals surface area (Å²) in [6.07, 6.45) is 4.43. The highest BCUT2D eigenvalue weighted by molar-refractivity contribution is 5.53. The van der Waals surface area contributed by atoms with Crippen molar-refractivity contribution < 1.29 is 14.2 Å². The van der Waals surface area contributed by atoms with Crippen LogP contribution in [0.25, 0.3) is 0 Å². The van der Waals surface area contributed by atoms with Crippen molar-refractivity contribution in [3.63, 3.8) is 0 Å². The quantitative estimate of drug-likeness (QED) is 0.342. The highest BCUT2D eigenvalue weighted by Gasteiger charge is 2.15. The molecule has 3 aromatic rings. The second kappa shape index (κ2) is 12.8. The Morgan fingerprint density at radius 3 is 1.47 bits per heavy atom. The smallest absolute Gasteiger partial charge is 0.203 e. The van der Waals surface area contributed by atoms with Crippen LogP contribution in [0.2, 0.25) is 0 Å². The number of ether oxygens (including phenoxy) is 3. The predicted octanol–water partition coefficient (Wildman–Crippen LogP) is 5.78. The molecule has 0 bridgehead atoms. The minimum Gasteiger partial charge on any atom is -0.493 e. The van der Waals surface area contributed by atoms with Gasteiger partial charge in [0.1, 0.15) is 0 Å². The molecule has 3 aromatic carbocycles. The number of benzene rings is 3. The fourth-order valence-electron chi connectivity index (χ4n) is 4.06. The van der Waals surface area contributed by atoms with E-state index in [1.807, 2.05) is 0 Å². The van der Waals surface area contributed by atoms with Crippen molar-refractivity contribution in [2.24, 2.45) is 0 Å². The van der Waals surface area contributed by atoms with Crippen LogP contribution in [-0.4, -0.2) is 39.3 Å². The van der Waals surface area contributed by atoms with Gasteiger partial charge in [0.05, 0.1) is 21.3 Å². The lowest BCUT2D eigenvalue weighted by molar-refractivity contribution is 0.257. The van der Waals surface area contributed by atoms with Gasteiger partial charge in [-0.25, -0.2) is 0 Å². The van der Waals surface area contributed by atoms with E-state index >= 15 is 0 Å². The first-order valence-corrected chi connectivity index (χ1v) is 11.3. The summed E-state index contributed by atoms with van der Waals surface area (Å²) in [6, 6.07) is 25.5. The van der Waals surface area contributed by atoms with Crippen LogP contribution in [0.5, 0.6) is 17.2 Å². The summed E-state index contributed by atoms with van der Waals surface area (Å²) < 4.78 is 16.6. The van der Waals surface area contributed by atoms with E-state index in [9.17, 15) is 0 Å². The van der Waals surface area contributed by atoms with E-state index in [0.717, 1.165) is 45.3 Å². The molecule has 170 valence electrons. The van der Waals surface area contributed by atoms with Gasteiger partial charge in [0.25, 0.3) is 0 Å². The minimum atomic E-state index is 0.637. The molecule has 4 heteroatoms. The first-order valence-electron chi connectivity index (χ1n) is 11.3. The molecule has 0 unspecified atom stereocenters. The fourth-order valence-corrected chi connectivity index (χ4v) is 4.06. The molecule has 0 saturated carbocycles. The Bertz CT molecular complexity index is 857. The Morgan fingerprint density at radius 2 is 1.06 bits per heavy atom. The first-order chi connectivity index (χ1) is 15.7. The molecule has 0 aromatic heterocycles. The van der Waals surface area contributed by atoms with Crippen LogP contribution in [0.4, 0.5) is 0 Å². The Kier molecular flexibility index (Phi) is 9.45. The molecule has 0 spiro atoms. The zero-order valence-corrected chi connectivity index (χ0v) is 19.5. The van der Waals surface area contributed by atoms with Crippen LogP contribution >= 0.6 is 0 Å². The maximum Gasteiger partial charge on any atom is 0.203 e. The Balaban J connectivity index is 1.67. The van der Waals surface area contributed by atoms with E-state index in [-0.39, 0.29) is 0 Å². The second-order valence-electron chi connectivity index (χ2n) is 7.99. The van der Waals surface area contributed by atoms with Crippen LogP contribution in [0.1, 0.15) is 29.5 Å². The van der Waals surface area contributed by atoms with Gasteiger partial charge in [0.15, 0.2) is 11.5 Å². The monoisotopic (exact) mass is 433 g/mol. The maximum atomic E-state index is 5.56. The van der Waals surface area contributed by atoms with Gasteiger partial charge in [0.2, 0.25) is 5.75 Å². The summed E-state index contributed by atoms with van der Waals surface area (Å²) >= 11 is 0. The van der Waals surface area contributed by atoms with Crippen molar-refractivity contribution in [2.45, 2.75) is 32.2 Å². The number of aryl methyl sites for hydroxylation is 2. The molecule has 0 atom stereocenters. The number of hydrogen-bond donors (Lipinski definition) is 0. The largest absolute Gasteiger partial charge is 0.493 e. The topological polar surface area (TPSA) is 30.9 Å². The van der Waals surface area contributed by atoms with Gasteiger partial charge in [-0.2, -0.15) is 0 Å². The molecular formula is C28H35NO3. The van der Waals surface area contributed by atoms with Gasteiger partial charge in [-0.15, -0.1) is 0 Å². The van der Waals surface area contributed by atoms with Crippen molar-refractivity contribution in [3.8, 4) is 17.2 Å². The summed E-state index contributed by atoms with van der Waals surface area (Å²) in [7, 11) is 4.97. The molecule has 0 N–H and O–H groups in total. The lowest BCUT2D eigenvalue weighted by atomic mass is 10.1. The van der Waals surface area contributed by atoms with Crippen molar-refractivity contribution in [3.05, 3.63) is 89.5 Å². The number of hydrogen-bond acceptors (Lipinski definition) is 4. The zero-order chi connectivity index (χ0) is 22.6. The van der Waals surface area contributed by atoms with E-state index < -0.39 is 0 Å². The predicted molar refractivity (Wildman–Crippen MR) is 131 cm³/mol. The molecule has 0 heterocycles. The third-order valence-electron chi connectivity index (χ3n) is 5.70. The Morgan fingerprint density at radius 1 is 0.594 bits per heavy atom. The lowest BCUT2D eigenvalue weighted by Crippen LogP contribution is -2.26. The van der Waals surface area contributed by atoms with Crippen molar-refractivity contribution in [1.29, 1.82) is 0 Å². The third-order valence-corrected chi connectivity index (χ3v) is 5.70. The third kappa shape index (κ3) is 7.03. The molecule has 0 radical (unpaired) electrons. The molecular weight excluding hydrogens is 398 g/mol. The Hall–Kier alpha value is -2.98. The van der Waals surface area contributed by atoms with Crippen LogP contribution in [0.3, 0.4) is 0 Å². The van der Waals surface area contributed by atoms with E-state index in [1.54, 1.807) is 21.3 Å². The summed E-state index contributed by atoms with van der Waals surface area (Å²) in [6.45, 7) is 2.93. The number of methoxy groups -OCH3 is 3. The van der Waals surface area contributed by atoms with Gasteiger partial charge in [0, 0.05) is 6.54 Å². The molecule has 0 saturated heterocycles. The SMILES string of the molecule is COc1cc(CN(CCCc2ccccc2)CCCc2ccccc2)cc(OC)c1OC. The molecule has 0 amide bonds. The standard InChI is InChI=1S/C28H35NO3/c1-30-26-20-25(21-27(31-2)28(26)32-3)22-29(18-10-16-23-12-6-4-7-13-23)19-11-17-24-14-8-5-9-15-24/h4-9,12-15,20-21H,10-11,16-19,22H2,1-3H3. The van der Waals surface area contributed by atoms with Crippen LogP contribution in [0.15, 0.2) is 72.8 Å². The van der Waals surface area contributed by atoms with Gasteiger partial charge < -0.3 is 14.2 Å². The summed E-state index contributed by atoms with van der Waals surface area (Å²) in [5.41, 5.74) is 3.95. The second-order valence-corrected chi connectivity index (χ2v) is 7.99. The minimum absolute atomic E-state index is 0.637. The highest BCUT2D eigenvalue weighted by atomic mass is 16.5. The molecule has 0 aliphatic carbocycles. The van der Waals surface area contributed by atoms with Gasteiger partial charge in [-0.1, -0.05) is 60.7 Å². The maximum absolute atomic E-state index is 5.56. The van der Waals surface area contributed by atoms with Gasteiger partial charge >= 0.3 is 0 Å². The van der Waals surface area contributed by atoms with Crippen molar-refractivity contribution in [2.75, 3.05) is 34.4 Å².